The molecule has 1 N–H and O–H groups in total. The highest BCUT2D eigenvalue weighted by Crippen LogP contribution is 2.05. The predicted molar refractivity (Wildman–Crippen MR) is 53.8 cm³/mol. The van der Waals surface area contributed by atoms with E-state index in [0.29, 0.717) is 0 Å². The number of nitrogens with zero attached hydrogens (tertiary/aromatic N) is 3. The molecule has 0 aliphatic rings. The molecule has 0 fully saturated rings. The molecule has 68 valence electrons. The molecule has 2 aromatic heterocycles. The zero-order chi connectivity index (χ0) is 9.10. The van der Waals surface area contributed by atoms with Crippen molar-refractivity contribution in [1.29, 1.82) is 0 Å². The number of hydrogen-bond acceptors (Lipinski definition) is 4. The Morgan fingerprint density at radius 3 is 3.23 bits per heavy atom. The normalized spacial score (nSPS) is 10.8. The average Bonchev–Trinajstić information content (AvgIpc) is 2.61. The van der Waals surface area contributed by atoms with Crippen LogP contribution in [-0.2, 0) is 6.42 Å². The van der Waals surface area contributed by atoms with Gasteiger partial charge in [-0.3, -0.25) is 0 Å². The summed E-state index contributed by atoms with van der Waals surface area (Å²) in [5.41, 5.74) is 1.65. The lowest BCUT2D eigenvalue weighted by molar-refractivity contribution is 0.965. The van der Waals surface area contributed by atoms with Crippen LogP contribution in [0.3, 0.4) is 0 Å². The van der Waals surface area contributed by atoms with E-state index in [-0.39, 0.29) is 0 Å². The van der Waals surface area contributed by atoms with Gasteiger partial charge in [-0.1, -0.05) is 0 Å². The third kappa shape index (κ3) is 1.80. The molecule has 0 aromatic carbocycles. The van der Waals surface area contributed by atoms with Gasteiger partial charge >= 0.3 is 0 Å². The maximum absolute atomic E-state index is 4.31. The van der Waals surface area contributed by atoms with Gasteiger partial charge in [-0.05, 0) is 6.26 Å². The monoisotopic (exact) mass is 194 g/mol. The van der Waals surface area contributed by atoms with Crippen molar-refractivity contribution in [2.24, 2.45) is 0 Å². The molecule has 0 saturated heterocycles. The summed E-state index contributed by atoms with van der Waals surface area (Å²) in [5.74, 6) is 1.92. The fourth-order valence-corrected chi connectivity index (χ4v) is 1.47. The van der Waals surface area contributed by atoms with Gasteiger partial charge in [0.2, 0.25) is 0 Å². The predicted octanol–water partition coefficient (Wildman–Crippen LogP) is 1.26. The number of thioether (sulfide) groups is 1. The number of imidazole rings is 1. The van der Waals surface area contributed by atoms with Crippen LogP contribution in [-0.4, -0.2) is 31.9 Å². The topological polar surface area (TPSA) is 54.5 Å². The summed E-state index contributed by atoms with van der Waals surface area (Å²) < 4.78 is 0. The number of fused-ring (bicyclic) bond motifs is 1. The smallest absolute Gasteiger partial charge is 0.180 e. The number of hydrogen-bond donors (Lipinski definition) is 1. The molecule has 0 aliphatic carbocycles. The molecular weight excluding hydrogens is 184 g/mol. The van der Waals surface area contributed by atoms with Gasteiger partial charge in [0, 0.05) is 12.2 Å². The van der Waals surface area contributed by atoms with Crippen molar-refractivity contribution in [3.05, 3.63) is 18.3 Å². The van der Waals surface area contributed by atoms with Crippen LogP contribution in [0.2, 0.25) is 0 Å². The van der Waals surface area contributed by atoms with E-state index in [9.17, 15) is 0 Å². The SMILES string of the molecule is CSCCc1ncc2[nH]cnc2n1. The molecule has 2 rings (SSSR count). The first kappa shape index (κ1) is 8.50. The summed E-state index contributed by atoms with van der Waals surface area (Å²) in [7, 11) is 0. The fraction of sp³-hybridized carbons (Fsp3) is 0.375. The first-order chi connectivity index (χ1) is 6.40. The second kappa shape index (κ2) is 3.74. The summed E-state index contributed by atoms with van der Waals surface area (Å²) in [5, 5.41) is 0. The molecule has 0 bridgehead atoms. The third-order valence-electron chi connectivity index (χ3n) is 1.76. The Hall–Kier alpha value is -1.10. The molecule has 0 radical (unpaired) electrons. The minimum atomic E-state index is 0.756. The minimum absolute atomic E-state index is 0.756. The Bertz CT molecular complexity index is 398. The van der Waals surface area contributed by atoms with Gasteiger partial charge < -0.3 is 4.98 Å². The molecule has 0 unspecified atom stereocenters. The number of nitrogens with one attached hydrogen (secondary N) is 1. The molecule has 5 heteroatoms. The molecule has 0 amide bonds. The molecule has 4 nitrogen and oxygen atoms in total. The number of H-pyrrole nitrogens is 1. The summed E-state index contributed by atoms with van der Waals surface area (Å²) in [6.45, 7) is 0. The second-order valence-electron chi connectivity index (χ2n) is 2.67. The van der Waals surface area contributed by atoms with E-state index < -0.39 is 0 Å². The molecule has 0 aliphatic heterocycles. The van der Waals surface area contributed by atoms with Crippen molar-refractivity contribution in [2.45, 2.75) is 6.42 Å². The van der Waals surface area contributed by atoms with Crippen LogP contribution in [0, 0.1) is 0 Å². The molecule has 0 spiro atoms. The van der Waals surface area contributed by atoms with Crippen molar-refractivity contribution in [1.82, 2.24) is 19.9 Å². The minimum Gasteiger partial charge on any atom is -0.342 e. The van der Waals surface area contributed by atoms with E-state index >= 15 is 0 Å². The largest absolute Gasteiger partial charge is 0.342 e. The van der Waals surface area contributed by atoms with Crippen LogP contribution in [0.25, 0.3) is 11.2 Å². The lowest BCUT2D eigenvalue weighted by Gasteiger charge is -1.96. The van der Waals surface area contributed by atoms with Crippen LogP contribution in [0.5, 0.6) is 0 Å². The van der Waals surface area contributed by atoms with Crippen LogP contribution in [0.15, 0.2) is 12.5 Å². The fourth-order valence-electron chi connectivity index (χ4n) is 1.09. The van der Waals surface area contributed by atoms with Crippen LogP contribution < -0.4 is 0 Å². The molecule has 0 atom stereocenters. The molecular formula is C8H10N4S. The van der Waals surface area contributed by atoms with Crippen molar-refractivity contribution >= 4 is 22.9 Å². The quantitative estimate of drug-likeness (QED) is 0.799. The van der Waals surface area contributed by atoms with Crippen LogP contribution in [0.4, 0.5) is 0 Å². The van der Waals surface area contributed by atoms with Gasteiger partial charge in [0.05, 0.1) is 12.5 Å². The number of aromatic nitrogens is 4. The number of aryl methyl sites for hydroxylation is 1. The standard InChI is InChI=1S/C8H10N4S/c1-13-3-2-7-9-4-6-8(12-7)11-5-10-6/h4-5H,2-3H2,1H3,(H,9,10,11,12). The zero-order valence-corrected chi connectivity index (χ0v) is 8.14. The van der Waals surface area contributed by atoms with Gasteiger partial charge in [0.15, 0.2) is 5.65 Å². The molecule has 2 aromatic rings. The Morgan fingerprint density at radius 2 is 2.38 bits per heavy atom. The highest BCUT2D eigenvalue weighted by Gasteiger charge is 2.00. The highest BCUT2D eigenvalue weighted by molar-refractivity contribution is 7.98. The Labute approximate surface area is 80.2 Å². The molecule has 2 heterocycles. The van der Waals surface area contributed by atoms with Crippen molar-refractivity contribution in [2.75, 3.05) is 12.0 Å². The van der Waals surface area contributed by atoms with E-state index in [4.69, 9.17) is 0 Å². The maximum atomic E-state index is 4.31. The maximum Gasteiger partial charge on any atom is 0.180 e. The lowest BCUT2D eigenvalue weighted by atomic mass is 10.4. The molecule has 0 saturated carbocycles. The second-order valence-corrected chi connectivity index (χ2v) is 3.65. The lowest BCUT2D eigenvalue weighted by Crippen LogP contribution is -1.96. The van der Waals surface area contributed by atoms with Crippen LogP contribution in [0.1, 0.15) is 5.82 Å². The first-order valence-corrected chi connectivity index (χ1v) is 5.43. The summed E-state index contributed by atoms with van der Waals surface area (Å²) in [6, 6.07) is 0. The van der Waals surface area contributed by atoms with Gasteiger partial charge in [-0.2, -0.15) is 11.8 Å². The van der Waals surface area contributed by atoms with E-state index in [1.165, 1.54) is 0 Å². The van der Waals surface area contributed by atoms with E-state index in [1.807, 2.05) is 0 Å². The van der Waals surface area contributed by atoms with E-state index in [1.54, 1.807) is 24.3 Å². The number of rotatable bonds is 3. The van der Waals surface area contributed by atoms with Gasteiger partial charge in [-0.15, -0.1) is 0 Å². The van der Waals surface area contributed by atoms with Crippen molar-refractivity contribution in [3.63, 3.8) is 0 Å². The average molecular weight is 194 g/mol. The van der Waals surface area contributed by atoms with E-state index in [2.05, 4.69) is 26.2 Å². The number of aromatic amines is 1. The summed E-state index contributed by atoms with van der Waals surface area (Å²) in [4.78, 5) is 15.6. The van der Waals surface area contributed by atoms with Crippen LogP contribution >= 0.6 is 11.8 Å². The van der Waals surface area contributed by atoms with Gasteiger partial charge in [0.25, 0.3) is 0 Å². The van der Waals surface area contributed by atoms with Gasteiger partial charge in [-0.25, -0.2) is 15.0 Å². The van der Waals surface area contributed by atoms with Crippen molar-refractivity contribution in [3.8, 4) is 0 Å². The first-order valence-electron chi connectivity index (χ1n) is 4.04. The Kier molecular flexibility index (Phi) is 2.44. The summed E-state index contributed by atoms with van der Waals surface area (Å²) in [6.07, 6.45) is 6.40. The van der Waals surface area contributed by atoms with Gasteiger partial charge in [0.1, 0.15) is 11.3 Å². The summed E-state index contributed by atoms with van der Waals surface area (Å²) >= 11 is 1.80. The Balaban J connectivity index is 2.26. The van der Waals surface area contributed by atoms with E-state index in [0.717, 1.165) is 29.2 Å². The third-order valence-corrected chi connectivity index (χ3v) is 2.37. The molecule has 13 heavy (non-hydrogen) atoms. The van der Waals surface area contributed by atoms with Crippen molar-refractivity contribution < 1.29 is 0 Å². The Morgan fingerprint density at radius 1 is 1.46 bits per heavy atom. The zero-order valence-electron chi connectivity index (χ0n) is 7.32. The highest BCUT2D eigenvalue weighted by atomic mass is 32.2.